The average Bonchev–Trinajstić information content (AvgIpc) is 2.31. The molecule has 0 amide bonds. The summed E-state index contributed by atoms with van der Waals surface area (Å²) < 4.78 is 24.9. The Morgan fingerprint density at radius 2 is 1.58 bits per heavy atom. The molecule has 2 N–H and O–H groups in total. The van der Waals surface area contributed by atoms with E-state index in [2.05, 4.69) is 0 Å². The molecule has 0 aliphatic rings. The van der Waals surface area contributed by atoms with Gasteiger partial charge in [-0.3, -0.25) is 0 Å². The number of benzene rings is 2. The second-order valence-corrected chi connectivity index (χ2v) is 6.31. The number of aromatic hydroxyl groups is 2. The SMILES string of the molecule is Cc1ccc(S(=O)(=O)c2cc(O)ccc2C)c(O)c1. The molecule has 0 saturated carbocycles. The summed E-state index contributed by atoms with van der Waals surface area (Å²) in [6, 6.07) is 8.50. The lowest BCUT2D eigenvalue weighted by molar-refractivity contribution is 0.457. The van der Waals surface area contributed by atoms with E-state index in [4.69, 9.17) is 0 Å². The van der Waals surface area contributed by atoms with Crippen LogP contribution in [0, 0.1) is 13.8 Å². The summed E-state index contributed by atoms with van der Waals surface area (Å²) in [4.78, 5) is -0.168. The molecule has 0 saturated heterocycles. The standard InChI is InChI=1S/C14H14O4S/c1-9-3-6-13(12(16)7-9)19(17,18)14-8-11(15)5-4-10(14)2/h3-8,15-16H,1-2H3. The van der Waals surface area contributed by atoms with Crippen molar-refractivity contribution >= 4 is 9.84 Å². The second-order valence-electron chi connectivity index (χ2n) is 4.42. The van der Waals surface area contributed by atoms with Crippen molar-refractivity contribution in [2.75, 3.05) is 0 Å². The summed E-state index contributed by atoms with van der Waals surface area (Å²) in [7, 11) is -3.85. The molecule has 2 aromatic carbocycles. The van der Waals surface area contributed by atoms with E-state index in [1.165, 1.54) is 30.3 Å². The molecule has 2 aromatic rings. The quantitative estimate of drug-likeness (QED) is 0.885. The van der Waals surface area contributed by atoms with Crippen LogP contribution in [0.25, 0.3) is 0 Å². The number of phenolic OH excluding ortho intramolecular Hbond substituents is 2. The number of phenols is 2. The van der Waals surface area contributed by atoms with E-state index in [0.717, 1.165) is 5.56 Å². The van der Waals surface area contributed by atoms with E-state index in [9.17, 15) is 18.6 Å². The lowest BCUT2D eigenvalue weighted by atomic mass is 10.2. The third kappa shape index (κ3) is 2.42. The molecule has 0 aromatic heterocycles. The van der Waals surface area contributed by atoms with Gasteiger partial charge in [0.25, 0.3) is 0 Å². The van der Waals surface area contributed by atoms with E-state index in [1.54, 1.807) is 19.9 Å². The number of hydrogen-bond donors (Lipinski definition) is 2. The molecule has 0 spiro atoms. The van der Waals surface area contributed by atoms with Crippen LogP contribution in [0.1, 0.15) is 11.1 Å². The fourth-order valence-electron chi connectivity index (χ4n) is 1.85. The Labute approximate surface area is 111 Å². The predicted octanol–water partition coefficient (Wildman–Crippen LogP) is 2.55. The molecule has 0 aliphatic carbocycles. The van der Waals surface area contributed by atoms with E-state index < -0.39 is 9.84 Å². The first-order valence-electron chi connectivity index (χ1n) is 5.66. The molecule has 4 nitrogen and oxygen atoms in total. The van der Waals surface area contributed by atoms with E-state index in [0.29, 0.717) is 5.56 Å². The van der Waals surface area contributed by atoms with Crippen LogP contribution < -0.4 is 0 Å². The van der Waals surface area contributed by atoms with Crippen molar-refractivity contribution < 1.29 is 18.6 Å². The van der Waals surface area contributed by atoms with Crippen LogP contribution in [0.2, 0.25) is 0 Å². The van der Waals surface area contributed by atoms with Crippen molar-refractivity contribution in [1.29, 1.82) is 0 Å². The summed E-state index contributed by atoms with van der Waals surface area (Å²) in [6.07, 6.45) is 0. The Morgan fingerprint density at radius 3 is 2.21 bits per heavy atom. The zero-order chi connectivity index (χ0) is 14.2. The molecule has 0 radical (unpaired) electrons. The molecule has 2 rings (SSSR count). The van der Waals surface area contributed by atoms with Crippen LogP contribution in [0.4, 0.5) is 0 Å². The molecule has 0 bridgehead atoms. The second kappa shape index (κ2) is 4.59. The topological polar surface area (TPSA) is 74.6 Å². The highest BCUT2D eigenvalue weighted by Gasteiger charge is 2.23. The summed E-state index contributed by atoms with van der Waals surface area (Å²) in [5.74, 6) is -0.418. The average molecular weight is 278 g/mol. The number of aryl methyl sites for hydroxylation is 2. The van der Waals surface area contributed by atoms with Gasteiger partial charge >= 0.3 is 0 Å². The fourth-order valence-corrected chi connectivity index (χ4v) is 3.44. The molecule has 0 atom stereocenters. The third-order valence-corrected chi connectivity index (χ3v) is 4.81. The number of rotatable bonds is 2. The van der Waals surface area contributed by atoms with E-state index in [1.807, 2.05) is 0 Å². The lowest BCUT2D eigenvalue weighted by Crippen LogP contribution is -2.04. The Morgan fingerprint density at radius 1 is 0.895 bits per heavy atom. The largest absolute Gasteiger partial charge is 0.508 e. The maximum Gasteiger partial charge on any atom is 0.210 e. The zero-order valence-electron chi connectivity index (χ0n) is 10.6. The van der Waals surface area contributed by atoms with Crippen LogP contribution in [0.5, 0.6) is 11.5 Å². The molecule has 100 valence electrons. The summed E-state index contributed by atoms with van der Waals surface area (Å²) in [5, 5.41) is 19.2. The number of hydrogen-bond acceptors (Lipinski definition) is 4. The minimum atomic E-state index is -3.85. The highest BCUT2D eigenvalue weighted by Crippen LogP contribution is 2.32. The fraction of sp³-hybridized carbons (Fsp3) is 0.143. The maximum atomic E-state index is 12.5. The van der Waals surface area contributed by atoms with Gasteiger partial charge in [0.15, 0.2) is 0 Å². The van der Waals surface area contributed by atoms with Gasteiger partial charge in [0.05, 0.1) is 4.90 Å². The molecule has 0 fully saturated rings. The predicted molar refractivity (Wildman–Crippen MR) is 71.1 cm³/mol. The zero-order valence-corrected chi connectivity index (χ0v) is 11.4. The highest BCUT2D eigenvalue weighted by molar-refractivity contribution is 7.91. The van der Waals surface area contributed by atoms with Crippen molar-refractivity contribution in [2.45, 2.75) is 23.6 Å². The normalized spacial score (nSPS) is 11.5. The summed E-state index contributed by atoms with van der Waals surface area (Å²) >= 11 is 0. The van der Waals surface area contributed by atoms with Gasteiger partial charge in [-0.25, -0.2) is 8.42 Å². The lowest BCUT2D eigenvalue weighted by Gasteiger charge is -2.10. The first-order chi connectivity index (χ1) is 8.82. The summed E-state index contributed by atoms with van der Waals surface area (Å²) in [6.45, 7) is 3.40. The van der Waals surface area contributed by atoms with Crippen LogP contribution in [-0.2, 0) is 9.84 Å². The molecule has 0 unspecified atom stereocenters. The van der Waals surface area contributed by atoms with Crippen LogP contribution in [-0.4, -0.2) is 18.6 Å². The molecular weight excluding hydrogens is 264 g/mol. The molecule has 5 heteroatoms. The first kappa shape index (κ1) is 13.4. The first-order valence-corrected chi connectivity index (χ1v) is 7.15. The highest BCUT2D eigenvalue weighted by atomic mass is 32.2. The van der Waals surface area contributed by atoms with Gasteiger partial charge in [0, 0.05) is 0 Å². The van der Waals surface area contributed by atoms with Gasteiger partial charge < -0.3 is 10.2 Å². The minimum absolute atomic E-state index is 0.00773. The van der Waals surface area contributed by atoms with Crippen LogP contribution in [0.15, 0.2) is 46.2 Å². The summed E-state index contributed by atoms with van der Waals surface area (Å²) in [5.41, 5.74) is 1.28. The van der Waals surface area contributed by atoms with Crippen molar-refractivity contribution in [3.8, 4) is 11.5 Å². The van der Waals surface area contributed by atoms with E-state index in [-0.39, 0.29) is 21.3 Å². The molecule has 0 aliphatic heterocycles. The minimum Gasteiger partial charge on any atom is -0.508 e. The van der Waals surface area contributed by atoms with Gasteiger partial charge in [0.2, 0.25) is 9.84 Å². The van der Waals surface area contributed by atoms with Gasteiger partial charge in [-0.05, 0) is 49.2 Å². The van der Waals surface area contributed by atoms with Crippen molar-refractivity contribution in [1.82, 2.24) is 0 Å². The number of sulfone groups is 1. The third-order valence-electron chi connectivity index (χ3n) is 2.87. The van der Waals surface area contributed by atoms with Crippen molar-refractivity contribution in [3.63, 3.8) is 0 Å². The van der Waals surface area contributed by atoms with Gasteiger partial charge in [0.1, 0.15) is 16.4 Å². The van der Waals surface area contributed by atoms with Crippen molar-refractivity contribution in [2.24, 2.45) is 0 Å². The smallest absolute Gasteiger partial charge is 0.210 e. The monoisotopic (exact) mass is 278 g/mol. The Hall–Kier alpha value is -2.01. The molecule has 19 heavy (non-hydrogen) atoms. The molecular formula is C14H14O4S. The Bertz CT molecular complexity index is 733. The Kier molecular flexibility index (Phi) is 3.24. The maximum absolute atomic E-state index is 12.5. The van der Waals surface area contributed by atoms with Gasteiger partial charge in [-0.15, -0.1) is 0 Å². The Balaban J connectivity index is 2.69. The van der Waals surface area contributed by atoms with E-state index >= 15 is 0 Å². The van der Waals surface area contributed by atoms with Crippen LogP contribution >= 0.6 is 0 Å². The van der Waals surface area contributed by atoms with Gasteiger partial charge in [-0.2, -0.15) is 0 Å². The van der Waals surface area contributed by atoms with Gasteiger partial charge in [-0.1, -0.05) is 12.1 Å². The van der Waals surface area contributed by atoms with Crippen LogP contribution in [0.3, 0.4) is 0 Å². The van der Waals surface area contributed by atoms with Crippen molar-refractivity contribution in [3.05, 3.63) is 47.5 Å². The molecule has 0 heterocycles.